The Morgan fingerprint density at radius 2 is 1.94 bits per heavy atom. The minimum atomic E-state index is -3.80. The lowest BCUT2D eigenvalue weighted by Crippen LogP contribution is -2.43. The van der Waals surface area contributed by atoms with Crippen LogP contribution in [0.4, 0.5) is 5.69 Å². The Hall–Kier alpha value is -2.62. The van der Waals surface area contributed by atoms with Gasteiger partial charge in [-0.1, -0.05) is 23.7 Å². The van der Waals surface area contributed by atoms with Crippen LogP contribution in [-0.2, 0) is 26.0 Å². The van der Waals surface area contributed by atoms with Gasteiger partial charge in [-0.3, -0.25) is 9.59 Å². The summed E-state index contributed by atoms with van der Waals surface area (Å²) in [6, 6.07) is 11.2. The first-order chi connectivity index (χ1) is 15.2. The maximum atomic E-state index is 13.1. The summed E-state index contributed by atoms with van der Waals surface area (Å²) in [4.78, 5) is 23.8. The average Bonchev–Trinajstić information content (AvgIpc) is 2.76. The Morgan fingerprint density at radius 1 is 1.22 bits per heavy atom. The van der Waals surface area contributed by atoms with Gasteiger partial charge in [0.15, 0.2) is 0 Å². The number of nitrogens with zero attached hydrogens (tertiary/aromatic N) is 1. The van der Waals surface area contributed by atoms with Crippen molar-refractivity contribution in [2.45, 2.75) is 31.1 Å². The van der Waals surface area contributed by atoms with Crippen LogP contribution in [0.15, 0.2) is 47.4 Å². The Labute approximate surface area is 192 Å². The third-order valence-electron chi connectivity index (χ3n) is 5.20. The second-order valence-electron chi connectivity index (χ2n) is 7.56. The highest BCUT2D eigenvalue weighted by molar-refractivity contribution is 7.89. The van der Waals surface area contributed by atoms with Gasteiger partial charge in [0.2, 0.25) is 21.8 Å². The molecule has 2 amide bonds. The number of anilines is 1. The molecule has 1 atom stereocenters. The number of nitrogens with two attached hydrogens (primary N) is 1. The Bertz CT molecular complexity index is 1090. The summed E-state index contributed by atoms with van der Waals surface area (Å²) in [5, 5.41) is 3.04. The van der Waals surface area contributed by atoms with Crippen LogP contribution in [0.1, 0.15) is 25.3 Å². The van der Waals surface area contributed by atoms with E-state index in [1.807, 2.05) is 6.92 Å². The van der Waals surface area contributed by atoms with Crippen LogP contribution in [0.2, 0.25) is 5.02 Å². The molecule has 1 saturated heterocycles. The number of carbonyl (C=O) groups is 2. The van der Waals surface area contributed by atoms with Crippen molar-refractivity contribution in [3.05, 3.63) is 53.1 Å². The maximum Gasteiger partial charge on any atom is 0.243 e. The molecule has 1 aliphatic heterocycles. The van der Waals surface area contributed by atoms with Crippen LogP contribution in [0.3, 0.4) is 0 Å². The van der Waals surface area contributed by atoms with E-state index in [2.05, 4.69) is 5.32 Å². The minimum Gasteiger partial charge on any atom is -0.492 e. The fourth-order valence-corrected chi connectivity index (χ4v) is 5.44. The van der Waals surface area contributed by atoms with Crippen molar-refractivity contribution in [2.75, 3.05) is 25.0 Å². The van der Waals surface area contributed by atoms with Gasteiger partial charge in [-0.2, -0.15) is 4.31 Å². The molecule has 10 heteroatoms. The smallest absolute Gasteiger partial charge is 0.243 e. The van der Waals surface area contributed by atoms with E-state index < -0.39 is 21.8 Å². The SMILES string of the molecule is CCOc1ccc(S(=O)(=O)N2CCCC(C(=O)Nc3ccc(CC(N)=O)cc3)C2)cc1Cl. The van der Waals surface area contributed by atoms with Gasteiger partial charge in [0.25, 0.3) is 0 Å². The van der Waals surface area contributed by atoms with E-state index in [9.17, 15) is 18.0 Å². The molecule has 1 aliphatic rings. The molecule has 3 rings (SSSR count). The zero-order valence-corrected chi connectivity index (χ0v) is 19.3. The predicted molar refractivity (Wildman–Crippen MR) is 122 cm³/mol. The topological polar surface area (TPSA) is 119 Å². The summed E-state index contributed by atoms with van der Waals surface area (Å²) in [6.45, 7) is 2.65. The lowest BCUT2D eigenvalue weighted by molar-refractivity contribution is -0.121. The van der Waals surface area contributed by atoms with Gasteiger partial charge in [0, 0.05) is 18.8 Å². The lowest BCUT2D eigenvalue weighted by atomic mass is 9.98. The van der Waals surface area contributed by atoms with E-state index >= 15 is 0 Å². The molecule has 1 fully saturated rings. The van der Waals surface area contributed by atoms with Crippen molar-refractivity contribution in [3.8, 4) is 5.75 Å². The summed E-state index contributed by atoms with van der Waals surface area (Å²) in [7, 11) is -3.80. The highest BCUT2D eigenvalue weighted by Gasteiger charge is 2.33. The minimum absolute atomic E-state index is 0.0667. The number of halogens is 1. The van der Waals surface area contributed by atoms with Gasteiger partial charge < -0.3 is 15.8 Å². The predicted octanol–water partition coefficient (Wildman–Crippen LogP) is 2.81. The Kier molecular flexibility index (Phi) is 7.76. The maximum absolute atomic E-state index is 13.1. The van der Waals surface area contributed by atoms with Crippen molar-refractivity contribution in [1.82, 2.24) is 4.31 Å². The number of hydrogen-bond donors (Lipinski definition) is 2. The van der Waals surface area contributed by atoms with Gasteiger partial charge in [0.1, 0.15) is 5.75 Å². The zero-order chi connectivity index (χ0) is 23.3. The van der Waals surface area contributed by atoms with E-state index in [4.69, 9.17) is 22.1 Å². The molecule has 32 heavy (non-hydrogen) atoms. The van der Waals surface area contributed by atoms with E-state index in [1.54, 1.807) is 24.3 Å². The largest absolute Gasteiger partial charge is 0.492 e. The second kappa shape index (κ2) is 10.3. The highest BCUT2D eigenvalue weighted by Crippen LogP contribution is 2.30. The molecule has 0 aliphatic carbocycles. The molecule has 8 nitrogen and oxygen atoms in total. The molecule has 0 aromatic heterocycles. The first kappa shape index (κ1) is 24.0. The van der Waals surface area contributed by atoms with E-state index in [1.165, 1.54) is 22.5 Å². The van der Waals surface area contributed by atoms with Crippen molar-refractivity contribution in [1.29, 1.82) is 0 Å². The van der Waals surface area contributed by atoms with Crippen LogP contribution in [0, 0.1) is 5.92 Å². The number of primary amides is 1. The molecule has 0 bridgehead atoms. The van der Waals surface area contributed by atoms with Gasteiger partial charge in [0.05, 0.1) is 28.9 Å². The molecule has 172 valence electrons. The van der Waals surface area contributed by atoms with Crippen LogP contribution in [0.5, 0.6) is 5.75 Å². The summed E-state index contributed by atoms with van der Waals surface area (Å²) < 4.78 is 32.9. The third-order valence-corrected chi connectivity index (χ3v) is 7.35. The number of hydrogen-bond acceptors (Lipinski definition) is 5. The number of rotatable bonds is 8. The van der Waals surface area contributed by atoms with Gasteiger partial charge in [-0.05, 0) is 55.7 Å². The number of sulfonamides is 1. The monoisotopic (exact) mass is 479 g/mol. The average molecular weight is 480 g/mol. The highest BCUT2D eigenvalue weighted by atomic mass is 35.5. The van der Waals surface area contributed by atoms with Gasteiger partial charge >= 0.3 is 0 Å². The summed E-state index contributed by atoms with van der Waals surface area (Å²) in [6.07, 6.45) is 1.28. The molecular weight excluding hydrogens is 454 g/mol. The normalized spacial score (nSPS) is 17.0. The lowest BCUT2D eigenvalue weighted by Gasteiger charge is -2.31. The molecule has 2 aromatic carbocycles. The Morgan fingerprint density at radius 3 is 2.56 bits per heavy atom. The summed E-state index contributed by atoms with van der Waals surface area (Å²) in [5.74, 6) is -0.746. The van der Waals surface area contributed by atoms with E-state index in [0.717, 1.165) is 5.56 Å². The van der Waals surface area contributed by atoms with Crippen molar-refractivity contribution >= 4 is 39.1 Å². The number of piperidine rings is 1. The van der Waals surface area contributed by atoms with Gasteiger partial charge in [-0.15, -0.1) is 0 Å². The fourth-order valence-electron chi connectivity index (χ4n) is 3.59. The second-order valence-corrected chi connectivity index (χ2v) is 9.90. The quantitative estimate of drug-likeness (QED) is 0.603. The summed E-state index contributed by atoms with van der Waals surface area (Å²) in [5.41, 5.74) is 6.50. The molecule has 1 unspecified atom stereocenters. The molecule has 0 radical (unpaired) electrons. The third kappa shape index (κ3) is 5.79. The van der Waals surface area contributed by atoms with Gasteiger partial charge in [-0.25, -0.2) is 8.42 Å². The number of amides is 2. The standard InChI is InChI=1S/C22H26ClN3O5S/c1-2-31-20-10-9-18(13-19(20)23)32(29,30)26-11-3-4-16(14-26)22(28)25-17-7-5-15(6-8-17)12-21(24)27/h5-10,13,16H,2-4,11-12,14H2,1H3,(H2,24,27)(H,25,28). The zero-order valence-electron chi connectivity index (χ0n) is 17.7. The fraction of sp³-hybridized carbons (Fsp3) is 0.364. The molecule has 0 spiro atoms. The van der Waals surface area contributed by atoms with Crippen LogP contribution < -0.4 is 15.8 Å². The number of benzene rings is 2. The first-order valence-corrected chi connectivity index (χ1v) is 12.1. The molecule has 1 heterocycles. The van der Waals surface area contributed by atoms with E-state index in [-0.39, 0.29) is 28.8 Å². The summed E-state index contributed by atoms with van der Waals surface area (Å²) >= 11 is 6.16. The van der Waals surface area contributed by atoms with Crippen molar-refractivity contribution in [3.63, 3.8) is 0 Å². The van der Waals surface area contributed by atoms with Crippen LogP contribution in [0.25, 0.3) is 0 Å². The van der Waals surface area contributed by atoms with Crippen LogP contribution >= 0.6 is 11.6 Å². The van der Waals surface area contributed by atoms with Crippen molar-refractivity contribution < 1.29 is 22.7 Å². The van der Waals surface area contributed by atoms with E-state index in [0.29, 0.717) is 37.4 Å². The molecule has 2 aromatic rings. The Balaban J connectivity index is 1.68. The number of ether oxygens (including phenoxy) is 1. The number of carbonyl (C=O) groups excluding carboxylic acids is 2. The van der Waals surface area contributed by atoms with Crippen molar-refractivity contribution in [2.24, 2.45) is 11.7 Å². The number of nitrogens with one attached hydrogen (secondary N) is 1. The first-order valence-electron chi connectivity index (χ1n) is 10.3. The molecular formula is C22H26ClN3O5S. The molecule has 0 saturated carbocycles. The van der Waals surface area contributed by atoms with Crippen LogP contribution in [-0.4, -0.2) is 44.2 Å². The molecule has 3 N–H and O–H groups in total.